The molecule has 2 aromatic rings. The van der Waals surface area contributed by atoms with Crippen LogP contribution in [-0.2, 0) is 11.3 Å². The van der Waals surface area contributed by atoms with Gasteiger partial charge in [0, 0.05) is 13.1 Å². The van der Waals surface area contributed by atoms with Crippen molar-refractivity contribution in [2.24, 2.45) is 0 Å². The maximum absolute atomic E-state index is 12.8. The predicted octanol–water partition coefficient (Wildman–Crippen LogP) is 1.46. The van der Waals surface area contributed by atoms with Crippen molar-refractivity contribution in [2.45, 2.75) is 13.5 Å². The first-order valence-electron chi connectivity index (χ1n) is 7.31. The number of likely N-dealkylation sites (N-methyl/N-ethyl adjacent to an activating group) is 1. The second kappa shape index (κ2) is 8.00. The van der Waals surface area contributed by atoms with Crippen LogP contribution in [0.2, 0.25) is 0 Å². The number of nitrogens with one attached hydrogen (secondary N) is 1. The lowest BCUT2D eigenvalue weighted by molar-refractivity contribution is -0.119. The molecule has 0 aliphatic carbocycles. The highest BCUT2D eigenvalue weighted by Gasteiger charge is 2.13. The van der Waals surface area contributed by atoms with Crippen molar-refractivity contribution >= 4 is 17.7 Å². The highest BCUT2D eigenvalue weighted by atomic mass is 19.1. The number of carboxylic acids is 1. The molecule has 0 radical (unpaired) electrons. The van der Waals surface area contributed by atoms with Crippen LogP contribution >= 0.6 is 0 Å². The molecule has 0 aliphatic heterocycles. The zero-order valence-electron chi connectivity index (χ0n) is 13.1. The highest BCUT2D eigenvalue weighted by molar-refractivity contribution is 5.85. The first-order valence-corrected chi connectivity index (χ1v) is 7.31. The minimum absolute atomic E-state index is 0.0544. The lowest BCUT2D eigenvalue weighted by Crippen LogP contribution is -2.37. The average molecular weight is 332 g/mol. The maximum Gasteiger partial charge on any atom is 0.356 e. The number of carboxylic acid groups (broad SMARTS) is 1. The van der Waals surface area contributed by atoms with Crippen molar-refractivity contribution < 1.29 is 19.1 Å². The van der Waals surface area contributed by atoms with Crippen LogP contribution in [0.1, 0.15) is 23.0 Å². The SMILES string of the molecule is CCN(CC(=O)NCc1ccc(F)cc1)c1cnc(C(=O)O)cn1. The molecule has 1 amide bonds. The van der Waals surface area contributed by atoms with E-state index in [1.807, 2.05) is 6.92 Å². The van der Waals surface area contributed by atoms with Crippen molar-refractivity contribution in [2.75, 3.05) is 18.0 Å². The quantitative estimate of drug-likeness (QED) is 0.797. The molecule has 0 atom stereocenters. The Morgan fingerprint density at radius 1 is 1.21 bits per heavy atom. The van der Waals surface area contributed by atoms with E-state index in [1.54, 1.807) is 17.0 Å². The number of nitrogens with zero attached hydrogens (tertiary/aromatic N) is 3. The minimum atomic E-state index is -1.16. The van der Waals surface area contributed by atoms with Crippen LogP contribution in [0, 0.1) is 5.82 Å². The van der Waals surface area contributed by atoms with Crippen LogP contribution < -0.4 is 10.2 Å². The van der Waals surface area contributed by atoms with Crippen molar-refractivity contribution in [1.82, 2.24) is 15.3 Å². The topological polar surface area (TPSA) is 95.4 Å². The van der Waals surface area contributed by atoms with Gasteiger partial charge in [0.05, 0.1) is 18.9 Å². The first-order chi connectivity index (χ1) is 11.5. The van der Waals surface area contributed by atoms with E-state index in [1.165, 1.54) is 18.3 Å². The van der Waals surface area contributed by atoms with E-state index in [-0.39, 0.29) is 24.0 Å². The molecule has 1 heterocycles. The Kier molecular flexibility index (Phi) is 5.78. The standard InChI is InChI=1S/C16H17FN4O3/c1-2-21(14-9-18-13(8-19-14)16(23)24)10-15(22)20-7-11-3-5-12(17)6-4-11/h3-6,8-9H,2,7,10H2,1H3,(H,20,22)(H,23,24). The number of aromatic nitrogens is 2. The van der Waals surface area contributed by atoms with Gasteiger partial charge in [-0.1, -0.05) is 12.1 Å². The second-order valence-electron chi connectivity index (χ2n) is 4.98. The normalized spacial score (nSPS) is 10.2. The highest BCUT2D eigenvalue weighted by Crippen LogP contribution is 2.08. The van der Waals surface area contributed by atoms with Gasteiger partial charge in [-0.05, 0) is 24.6 Å². The molecule has 0 saturated heterocycles. The molecule has 0 spiro atoms. The number of anilines is 1. The van der Waals surface area contributed by atoms with Gasteiger partial charge in [-0.25, -0.2) is 19.2 Å². The lowest BCUT2D eigenvalue weighted by Gasteiger charge is -2.20. The van der Waals surface area contributed by atoms with E-state index >= 15 is 0 Å². The minimum Gasteiger partial charge on any atom is -0.476 e. The first kappa shape index (κ1) is 17.3. The molecule has 8 heteroatoms. The smallest absolute Gasteiger partial charge is 0.356 e. The molecule has 2 rings (SSSR count). The Hall–Kier alpha value is -3.03. The van der Waals surface area contributed by atoms with Gasteiger partial charge in [0.2, 0.25) is 5.91 Å². The molecule has 126 valence electrons. The maximum atomic E-state index is 12.8. The average Bonchev–Trinajstić information content (AvgIpc) is 2.59. The fourth-order valence-electron chi connectivity index (χ4n) is 1.98. The summed E-state index contributed by atoms with van der Waals surface area (Å²) in [5.74, 6) is -1.30. The largest absolute Gasteiger partial charge is 0.476 e. The summed E-state index contributed by atoms with van der Waals surface area (Å²) in [4.78, 5) is 32.3. The molecule has 0 fully saturated rings. The Bertz CT molecular complexity index is 704. The van der Waals surface area contributed by atoms with Gasteiger partial charge in [0.1, 0.15) is 11.6 Å². The number of amides is 1. The molecule has 0 bridgehead atoms. The third-order valence-electron chi connectivity index (χ3n) is 3.30. The van der Waals surface area contributed by atoms with Crippen molar-refractivity contribution in [3.63, 3.8) is 0 Å². The van der Waals surface area contributed by atoms with Crippen LogP contribution in [0.4, 0.5) is 10.2 Å². The molecule has 1 aromatic carbocycles. The molecule has 0 saturated carbocycles. The third-order valence-corrected chi connectivity index (χ3v) is 3.30. The van der Waals surface area contributed by atoms with Crippen LogP contribution in [0.3, 0.4) is 0 Å². The summed E-state index contributed by atoms with van der Waals surface area (Å²) in [5.41, 5.74) is 0.633. The molecule has 24 heavy (non-hydrogen) atoms. The van der Waals surface area contributed by atoms with Crippen LogP contribution in [0.15, 0.2) is 36.7 Å². The number of carbonyl (C=O) groups excluding carboxylic acids is 1. The fraction of sp³-hybridized carbons (Fsp3) is 0.250. The zero-order chi connectivity index (χ0) is 17.5. The Balaban J connectivity index is 1.92. The number of aromatic carboxylic acids is 1. The number of rotatable bonds is 7. The van der Waals surface area contributed by atoms with E-state index in [2.05, 4.69) is 15.3 Å². The molecule has 2 N–H and O–H groups in total. The number of carbonyl (C=O) groups is 2. The summed E-state index contributed by atoms with van der Waals surface area (Å²) in [6, 6.07) is 5.87. The van der Waals surface area contributed by atoms with Gasteiger partial charge in [-0.15, -0.1) is 0 Å². The summed E-state index contributed by atoms with van der Waals surface area (Å²) in [6.07, 6.45) is 2.47. The number of benzene rings is 1. The van der Waals surface area contributed by atoms with Crippen molar-refractivity contribution in [3.8, 4) is 0 Å². The van der Waals surface area contributed by atoms with Gasteiger partial charge in [0.15, 0.2) is 5.69 Å². The summed E-state index contributed by atoms with van der Waals surface area (Å²) >= 11 is 0. The van der Waals surface area contributed by atoms with Gasteiger partial charge in [-0.3, -0.25) is 4.79 Å². The number of hydrogen-bond donors (Lipinski definition) is 2. The van der Waals surface area contributed by atoms with Gasteiger partial charge < -0.3 is 15.3 Å². The molecule has 7 nitrogen and oxygen atoms in total. The Labute approximate surface area is 138 Å². The number of hydrogen-bond acceptors (Lipinski definition) is 5. The Morgan fingerprint density at radius 3 is 2.46 bits per heavy atom. The van der Waals surface area contributed by atoms with Crippen molar-refractivity contribution in [3.05, 3.63) is 53.7 Å². The van der Waals surface area contributed by atoms with E-state index in [9.17, 15) is 14.0 Å². The Morgan fingerprint density at radius 2 is 1.92 bits per heavy atom. The van der Waals surface area contributed by atoms with E-state index in [0.717, 1.165) is 11.8 Å². The molecular weight excluding hydrogens is 315 g/mol. The number of halogens is 1. The van der Waals surface area contributed by atoms with Gasteiger partial charge >= 0.3 is 5.97 Å². The summed E-state index contributed by atoms with van der Waals surface area (Å²) in [6.45, 7) is 2.70. The van der Waals surface area contributed by atoms with E-state index in [4.69, 9.17) is 5.11 Å². The predicted molar refractivity (Wildman–Crippen MR) is 85.1 cm³/mol. The van der Waals surface area contributed by atoms with E-state index in [0.29, 0.717) is 18.9 Å². The van der Waals surface area contributed by atoms with Gasteiger partial charge in [0.25, 0.3) is 0 Å². The summed E-state index contributed by atoms with van der Waals surface area (Å²) in [5, 5.41) is 11.5. The second-order valence-corrected chi connectivity index (χ2v) is 4.98. The monoisotopic (exact) mass is 332 g/mol. The van der Waals surface area contributed by atoms with E-state index < -0.39 is 5.97 Å². The lowest BCUT2D eigenvalue weighted by atomic mass is 10.2. The van der Waals surface area contributed by atoms with Crippen molar-refractivity contribution in [1.29, 1.82) is 0 Å². The molecule has 0 aliphatic rings. The summed E-state index contributed by atoms with van der Waals surface area (Å²) in [7, 11) is 0. The summed E-state index contributed by atoms with van der Waals surface area (Å²) < 4.78 is 12.8. The van der Waals surface area contributed by atoms with Crippen LogP contribution in [0.5, 0.6) is 0 Å². The fourth-order valence-corrected chi connectivity index (χ4v) is 1.98. The molecule has 1 aromatic heterocycles. The zero-order valence-corrected chi connectivity index (χ0v) is 13.1. The van der Waals surface area contributed by atoms with Crippen LogP contribution in [-0.4, -0.2) is 40.0 Å². The third kappa shape index (κ3) is 4.73. The molecular formula is C16H17FN4O3. The molecule has 0 unspecified atom stereocenters. The van der Waals surface area contributed by atoms with Crippen LogP contribution in [0.25, 0.3) is 0 Å². The van der Waals surface area contributed by atoms with Gasteiger partial charge in [-0.2, -0.15) is 0 Å².